The Kier molecular flexibility index (Phi) is 7.72. The molecule has 4 nitrogen and oxygen atoms in total. The van der Waals surface area contributed by atoms with Crippen molar-refractivity contribution in [2.75, 3.05) is 4.90 Å². The van der Waals surface area contributed by atoms with Gasteiger partial charge in [-0.2, -0.15) is 0 Å². The molecule has 0 radical (unpaired) electrons. The molecule has 0 amide bonds. The van der Waals surface area contributed by atoms with Gasteiger partial charge in [0.2, 0.25) is 0 Å². The highest BCUT2D eigenvalue weighted by Crippen LogP contribution is 2.64. The predicted molar refractivity (Wildman–Crippen MR) is 245 cm³/mol. The Labute approximate surface area is 348 Å². The molecule has 9 aromatic carbocycles. The van der Waals surface area contributed by atoms with Crippen molar-refractivity contribution in [3.8, 4) is 56.4 Å². The van der Waals surface area contributed by atoms with Gasteiger partial charge in [0.05, 0.1) is 16.8 Å². The molecule has 0 atom stereocenters. The maximum Gasteiger partial charge on any atom is 0.164 e. The fourth-order valence-electron chi connectivity index (χ4n) is 9.90. The maximum absolute atomic E-state index is 5.14. The number of para-hydroxylation sites is 3. The second-order valence-electron chi connectivity index (χ2n) is 15.5. The molecule has 0 saturated heterocycles. The lowest BCUT2D eigenvalue weighted by Crippen LogP contribution is -2.36. The molecule has 12 rings (SSSR count). The summed E-state index contributed by atoms with van der Waals surface area (Å²) < 4.78 is 0. The summed E-state index contributed by atoms with van der Waals surface area (Å²) in [6.07, 6.45) is 0. The van der Waals surface area contributed by atoms with Gasteiger partial charge in [-0.05, 0) is 79.5 Å². The standard InChI is InChI=1S/C56H36N4/c1-4-19-37(20-5-1)53-57-54(38-21-6-2-7-22-38)59-55(58-53)44-30-17-26-40-41(27-16-28-42(40)44)43-29-18-34-49-52(43)45-25-10-11-31-46(45)56(49)47-32-12-14-35-50(47)60(39-23-8-3-9-24-39)51-36-15-13-33-48(51)56/h1-36H. The summed E-state index contributed by atoms with van der Waals surface area (Å²) in [6.45, 7) is 0. The first kappa shape index (κ1) is 34.1. The fraction of sp³-hybridized carbons (Fsp3) is 0.0179. The van der Waals surface area contributed by atoms with Gasteiger partial charge < -0.3 is 4.90 Å². The fourth-order valence-corrected chi connectivity index (χ4v) is 9.90. The Morgan fingerprint density at radius 3 is 1.37 bits per heavy atom. The van der Waals surface area contributed by atoms with E-state index >= 15 is 0 Å². The summed E-state index contributed by atoms with van der Waals surface area (Å²) in [5.41, 5.74) is 15.9. The SMILES string of the molecule is c1ccc(-c2nc(-c3ccccc3)nc(-c3cccc4c(-c5cccc6c5-c5ccccc5C65c6ccccc6N(c6ccccc6)c6ccccc65)cccc34)n2)cc1. The van der Waals surface area contributed by atoms with E-state index < -0.39 is 5.41 Å². The Morgan fingerprint density at radius 2 is 0.733 bits per heavy atom. The lowest BCUT2D eigenvalue weighted by atomic mass is 9.64. The van der Waals surface area contributed by atoms with Gasteiger partial charge in [-0.3, -0.25) is 0 Å². The van der Waals surface area contributed by atoms with Gasteiger partial charge in [-0.25, -0.2) is 15.0 Å². The van der Waals surface area contributed by atoms with Gasteiger partial charge in [-0.1, -0.05) is 194 Å². The smallest absolute Gasteiger partial charge is 0.164 e. The van der Waals surface area contributed by atoms with E-state index in [2.05, 4.69) is 187 Å². The third-order valence-corrected chi connectivity index (χ3v) is 12.3. The van der Waals surface area contributed by atoms with Gasteiger partial charge in [0, 0.05) is 22.4 Å². The van der Waals surface area contributed by atoms with Crippen LogP contribution in [0.5, 0.6) is 0 Å². The van der Waals surface area contributed by atoms with Gasteiger partial charge in [0.1, 0.15) is 0 Å². The molecule has 10 aromatic rings. The van der Waals surface area contributed by atoms with Crippen LogP contribution < -0.4 is 4.90 Å². The summed E-state index contributed by atoms with van der Waals surface area (Å²) >= 11 is 0. The van der Waals surface area contributed by atoms with E-state index in [4.69, 9.17) is 15.0 Å². The van der Waals surface area contributed by atoms with Crippen molar-refractivity contribution in [3.05, 3.63) is 241 Å². The van der Waals surface area contributed by atoms with E-state index in [9.17, 15) is 0 Å². The molecule has 0 unspecified atom stereocenters. The van der Waals surface area contributed by atoms with E-state index in [1.807, 2.05) is 36.4 Å². The maximum atomic E-state index is 5.14. The molecule has 2 aliphatic rings. The molecule has 1 spiro atoms. The predicted octanol–water partition coefficient (Wildman–Crippen LogP) is 13.8. The number of hydrogen-bond donors (Lipinski definition) is 0. The second kappa shape index (κ2) is 13.6. The van der Waals surface area contributed by atoms with Crippen LogP contribution in [0.1, 0.15) is 22.3 Å². The number of fused-ring (bicyclic) bond motifs is 10. The van der Waals surface area contributed by atoms with E-state index in [0.717, 1.165) is 33.2 Å². The first-order valence-corrected chi connectivity index (χ1v) is 20.5. The highest BCUT2D eigenvalue weighted by atomic mass is 15.2. The van der Waals surface area contributed by atoms with Crippen molar-refractivity contribution in [1.29, 1.82) is 0 Å². The van der Waals surface area contributed by atoms with Crippen molar-refractivity contribution in [1.82, 2.24) is 15.0 Å². The van der Waals surface area contributed by atoms with Crippen LogP contribution in [0.4, 0.5) is 17.1 Å². The van der Waals surface area contributed by atoms with Gasteiger partial charge in [-0.15, -0.1) is 0 Å². The number of benzene rings is 9. The third kappa shape index (κ3) is 5.01. The first-order valence-electron chi connectivity index (χ1n) is 20.5. The summed E-state index contributed by atoms with van der Waals surface area (Å²) in [5, 5.41) is 2.23. The van der Waals surface area contributed by atoms with Gasteiger partial charge in [0.15, 0.2) is 17.5 Å². The van der Waals surface area contributed by atoms with Crippen LogP contribution in [0, 0.1) is 0 Å². The monoisotopic (exact) mass is 764 g/mol. The molecule has 1 aliphatic carbocycles. The lowest BCUT2D eigenvalue weighted by Gasteiger charge is -2.45. The third-order valence-electron chi connectivity index (χ3n) is 12.3. The molecule has 1 aliphatic heterocycles. The molecule has 280 valence electrons. The Morgan fingerprint density at radius 1 is 0.300 bits per heavy atom. The van der Waals surface area contributed by atoms with E-state index in [1.165, 1.54) is 55.9 Å². The van der Waals surface area contributed by atoms with Crippen LogP contribution in [0.3, 0.4) is 0 Å². The number of hydrogen-bond acceptors (Lipinski definition) is 4. The minimum atomic E-state index is -0.539. The highest BCUT2D eigenvalue weighted by Gasteiger charge is 2.52. The van der Waals surface area contributed by atoms with Crippen LogP contribution in [0.25, 0.3) is 67.2 Å². The summed E-state index contributed by atoms with van der Waals surface area (Å²) in [7, 11) is 0. The molecule has 0 bridgehead atoms. The molecular formula is C56H36N4. The molecule has 0 saturated carbocycles. The lowest BCUT2D eigenvalue weighted by molar-refractivity contribution is 0.753. The molecule has 60 heavy (non-hydrogen) atoms. The van der Waals surface area contributed by atoms with Crippen molar-refractivity contribution in [2.45, 2.75) is 5.41 Å². The summed E-state index contributed by atoms with van der Waals surface area (Å²) in [4.78, 5) is 17.7. The topological polar surface area (TPSA) is 41.9 Å². The van der Waals surface area contributed by atoms with Crippen molar-refractivity contribution in [3.63, 3.8) is 0 Å². The second-order valence-corrected chi connectivity index (χ2v) is 15.5. The molecule has 4 heteroatoms. The molecule has 0 N–H and O–H groups in total. The number of anilines is 3. The Hall–Kier alpha value is -7.95. The van der Waals surface area contributed by atoms with Crippen LogP contribution in [0.2, 0.25) is 0 Å². The normalized spacial score (nSPS) is 13.1. The molecular weight excluding hydrogens is 729 g/mol. The highest BCUT2D eigenvalue weighted by molar-refractivity contribution is 6.08. The van der Waals surface area contributed by atoms with Crippen molar-refractivity contribution in [2.24, 2.45) is 0 Å². The van der Waals surface area contributed by atoms with Crippen LogP contribution in [-0.4, -0.2) is 15.0 Å². The van der Waals surface area contributed by atoms with E-state index in [1.54, 1.807) is 0 Å². The summed E-state index contributed by atoms with van der Waals surface area (Å²) in [6, 6.07) is 78.2. The Balaban J connectivity index is 1.10. The molecule has 2 heterocycles. The van der Waals surface area contributed by atoms with Crippen LogP contribution in [0.15, 0.2) is 218 Å². The van der Waals surface area contributed by atoms with E-state index in [-0.39, 0.29) is 0 Å². The van der Waals surface area contributed by atoms with Crippen molar-refractivity contribution >= 4 is 27.8 Å². The first-order chi connectivity index (χ1) is 29.8. The van der Waals surface area contributed by atoms with Crippen LogP contribution in [-0.2, 0) is 5.41 Å². The molecule has 0 fully saturated rings. The zero-order valence-corrected chi connectivity index (χ0v) is 32.6. The Bertz CT molecular complexity index is 3160. The summed E-state index contributed by atoms with van der Waals surface area (Å²) in [5.74, 6) is 1.94. The van der Waals surface area contributed by atoms with Gasteiger partial charge >= 0.3 is 0 Å². The minimum Gasteiger partial charge on any atom is -0.310 e. The van der Waals surface area contributed by atoms with Gasteiger partial charge in [0.25, 0.3) is 0 Å². The number of rotatable bonds is 5. The van der Waals surface area contributed by atoms with Crippen molar-refractivity contribution < 1.29 is 0 Å². The number of nitrogens with zero attached hydrogens (tertiary/aromatic N) is 4. The number of aromatic nitrogens is 3. The average molecular weight is 765 g/mol. The van der Waals surface area contributed by atoms with Crippen LogP contribution >= 0.6 is 0 Å². The zero-order valence-electron chi connectivity index (χ0n) is 32.6. The zero-order chi connectivity index (χ0) is 39.6. The minimum absolute atomic E-state index is 0.539. The molecule has 1 aromatic heterocycles. The quantitative estimate of drug-likeness (QED) is 0.175. The van der Waals surface area contributed by atoms with E-state index in [0.29, 0.717) is 17.5 Å². The largest absolute Gasteiger partial charge is 0.310 e. The average Bonchev–Trinajstić information content (AvgIpc) is 3.63.